The fourth-order valence-electron chi connectivity index (χ4n) is 3.04. The molecule has 0 bridgehead atoms. The summed E-state index contributed by atoms with van der Waals surface area (Å²) in [6.45, 7) is 0. The van der Waals surface area contributed by atoms with Crippen molar-refractivity contribution in [2.24, 2.45) is 5.73 Å². The lowest BCUT2D eigenvalue weighted by Gasteiger charge is -2.26. The van der Waals surface area contributed by atoms with Gasteiger partial charge in [0.15, 0.2) is 0 Å². The Hall–Kier alpha value is -1.95. The van der Waals surface area contributed by atoms with E-state index in [1.807, 2.05) is 12.3 Å². The second-order valence-electron chi connectivity index (χ2n) is 5.33. The minimum absolute atomic E-state index is 0.347. The van der Waals surface area contributed by atoms with Crippen molar-refractivity contribution in [1.29, 1.82) is 0 Å². The van der Waals surface area contributed by atoms with E-state index < -0.39 is 0 Å². The van der Waals surface area contributed by atoms with E-state index in [9.17, 15) is 0 Å². The number of rotatable bonds is 1. The Morgan fingerprint density at radius 1 is 1.26 bits per heavy atom. The average molecular weight is 256 g/mol. The lowest BCUT2D eigenvalue weighted by molar-refractivity contribution is 0.306. The summed E-state index contributed by atoms with van der Waals surface area (Å²) in [6.07, 6.45) is 7.97. The van der Waals surface area contributed by atoms with Crippen LogP contribution in [0.1, 0.15) is 31.7 Å². The Morgan fingerprint density at radius 2 is 2.11 bits per heavy atom. The Balaban J connectivity index is 1.87. The standard InChI is InChI=1S/C13H16N6/c14-8-1-3-9(4-2-8)19-12-10-5-6-15-13(10)16-7-11(12)17-18-19/h5-9H,1-4,14H2,(H,15,16)/t8-,9-. The van der Waals surface area contributed by atoms with E-state index in [2.05, 4.69) is 25.0 Å². The summed E-state index contributed by atoms with van der Waals surface area (Å²) >= 11 is 0. The van der Waals surface area contributed by atoms with Crippen molar-refractivity contribution in [2.45, 2.75) is 37.8 Å². The van der Waals surface area contributed by atoms with Gasteiger partial charge in [-0.2, -0.15) is 0 Å². The normalized spacial score (nSPS) is 24.3. The molecule has 4 rings (SSSR count). The number of nitrogens with one attached hydrogen (secondary N) is 1. The van der Waals surface area contributed by atoms with E-state index in [0.717, 1.165) is 47.8 Å². The van der Waals surface area contributed by atoms with Crippen LogP contribution >= 0.6 is 0 Å². The summed E-state index contributed by atoms with van der Waals surface area (Å²) < 4.78 is 2.07. The van der Waals surface area contributed by atoms with Crippen LogP contribution < -0.4 is 5.73 Å². The van der Waals surface area contributed by atoms with Gasteiger partial charge in [0.1, 0.15) is 16.7 Å². The molecule has 1 aliphatic rings. The van der Waals surface area contributed by atoms with Crippen molar-refractivity contribution < 1.29 is 0 Å². The van der Waals surface area contributed by atoms with E-state index in [-0.39, 0.29) is 0 Å². The van der Waals surface area contributed by atoms with E-state index in [1.165, 1.54) is 0 Å². The zero-order valence-corrected chi connectivity index (χ0v) is 10.6. The number of H-pyrrole nitrogens is 1. The van der Waals surface area contributed by atoms with Gasteiger partial charge in [0.2, 0.25) is 0 Å². The molecule has 3 aromatic heterocycles. The summed E-state index contributed by atoms with van der Waals surface area (Å²) in [5.41, 5.74) is 8.82. The summed E-state index contributed by atoms with van der Waals surface area (Å²) in [6, 6.07) is 2.80. The Bertz CT molecular complexity index is 719. The van der Waals surface area contributed by atoms with Gasteiger partial charge in [-0.05, 0) is 31.7 Å². The molecule has 0 unspecified atom stereocenters. The number of pyridine rings is 1. The van der Waals surface area contributed by atoms with Crippen molar-refractivity contribution in [3.8, 4) is 0 Å². The predicted octanol–water partition coefficient (Wildman–Crippen LogP) is 1.75. The number of aromatic amines is 1. The van der Waals surface area contributed by atoms with Crippen LogP contribution in [0.3, 0.4) is 0 Å². The third kappa shape index (κ3) is 1.63. The fraction of sp³-hybridized carbons (Fsp3) is 0.462. The summed E-state index contributed by atoms with van der Waals surface area (Å²) in [5, 5.41) is 9.69. The van der Waals surface area contributed by atoms with Crippen LogP contribution in [0.25, 0.3) is 22.1 Å². The topological polar surface area (TPSA) is 85.4 Å². The van der Waals surface area contributed by atoms with Gasteiger partial charge < -0.3 is 10.7 Å². The van der Waals surface area contributed by atoms with Crippen LogP contribution in [0.2, 0.25) is 0 Å². The maximum Gasteiger partial charge on any atom is 0.139 e. The zero-order valence-electron chi connectivity index (χ0n) is 10.6. The van der Waals surface area contributed by atoms with Gasteiger partial charge in [-0.25, -0.2) is 9.67 Å². The molecule has 3 aromatic rings. The molecule has 0 saturated heterocycles. The molecule has 0 aliphatic heterocycles. The van der Waals surface area contributed by atoms with Crippen LogP contribution in [0.5, 0.6) is 0 Å². The lowest BCUT2D eigenvalue weighted by atomic mass is 9.92. The van der Waals surface area contributed by atoms with Gasteiger partial charge in [-0.1, -0.05) is 5.21 Å². The highest BCUT2D eigenvalue weighted by molar-refractivity contribution is 6.00. The molecular weight excluding hydrogens is 240 g/mol. The number of fused-ring (bicyclic) bond motifs is 3. The first-order valence-corrected chi connectivity index (χ1v) is 6.75. The quantitative estimate of drug-likeness (QED) is 0.694. The number of nitrogens with zero attached hydrogens (tertiary/aromatic N) is 4. The molecule has 1 aliphatic carbocycles. The van der Waals surface area contributed by atoms with Gasteiger partial charge in [-0.3, -0.25) is 0 Å². The molecule has 0 radical (unpaired) electrons. The van der Waals surface area contributed by atoms with Crippen molar-refractivity contribution in [3.63, 3.8) is 0 Å². The molecule has 1 fully saturated rings. The summed E-state index contributed by atoms with van der Waals surface area (Å²) in [4.78, 5) is 7.49. The van der Waals surface area contributed by atoms with Crippen LogP contribution in [0.15, 0.2) is 18.5 Å². The highest BCUT2D eigenvalue weighted by atomic mass is 15.4. The molecule has 19 heavy (non-hydrogen) atoms. The highest BCUT2D eigenvalue weighted by Crippen LogP contribution is 2.31. The minimum Gasteiger partial charge on any atom is -0.346 e. The SMILES string of the molecule is N[C@H]1CC[C@H](n2nnc3cnc4[nH]ccc4c32)CC1. The molecule has 1 saturated carbocycles. The first-order chi connectivity index (χ1) is 9.33. The average Bonchev–Trinajstić information content (AvgIpc) is 3.04. The summed E-state index contributed by atoms with van der Waals surface area (Å²) in [5.74, 6) is 0. The molecule has 98 valence electrons. The van der Waals surface area contributed by atoms with Crippen LogP contribution in [0.4, 0.5) is 0 Å². The summed E-state index contributed by atoms with van der Waals surface area (Å²) in [7, 11) is 0. The lowest BCUT2D eigenvalue weighted by Crippen LogP contribution is -2.28. The third-order valence-corrected chi connectivity index (χ3v) is 4.10. The van der Waals surface area contributed by atoms with Crippen molar-refractivity contribution in [1.82, 2.24) is 25.0 Å². The first-order valence-electron chi connectivity index (χ1n) is 6.75. The molecule has 0 aromatic carbocycles. The van der Waals surface area contributed by atoms with Crippen LogP contribution in [0, 0.1) is 0 Å². The minimum atomic E-state index is 0.347. The van der Waals surface area contributed by atoms with Gasteiger partial charge in [0, 0.05) is 17.6 Å². The predicted molar refractivity (Wildman–Crippen MR) is 72.7 cm³/mol. The van der Waals surface area contributed by atoms with Gasteiger partial charge >= 0.3 is 0 Å². The van der Waals surface area contributed by atoms with Crippen molar-refractivity contribution in [2.75, 3.05) is 0 Å². The molecule has 3 heterocycles. The maximum atomic E-state index is 5.98. The van der Waals surface area contributed by atoms with E-state index in [4.69, 9.17) is 5.73 Å². The Labute approximate surface area is 110 Å². The second kappa shape index (κ2) is 4.03. The van der Waals surface area contributed by atoms with Gasteiger partial charge in [-0.15, -0.1) is 5.10 Å². The first kappa shape index (κ1) is 10.9. The van der Waals surface area contributed by atoms with E-state index in [1.54, 1.807) is 6.20 Å². The monoisotopic (exact) mass is 256 g/mol. The third-order valence-electron chi connectivity index (χ3n) is 4.10. The zero-order chi connectivity index (χ0) is 12.8. The molecule has 0 spiro atoms. The number of hydrogen-bond acceptors (Lipinski definition) is 4. The van der Waals surface area contributed by atoms with Crippen LogP contribution in [-0.2, 0) is 0 Å². The van der Waals surface area contributed by atoms with Gasteiger partial charge in [0.25, 0.3) is 0 Å². The van der Waals surface area contributed by atoms with Crippen LogP contribution in [-0.4, -0.2) is 31.0 Å². The van der Waals surface area contributed by atoms with Crippen molar-refractivity contribution >= 4 is 22.1 Å². The smallest absolute Gasteiger partial charge is 0.139 e. The highest BCUT2D eigenvalue weighted by Gasteiger charge is 2.23. The largest absolute Gasteiger partial charge is 0.346 e. The molecule has 6 nitrogen and oxygen atoms in total. The Morgan fingerprint density at radius 3 is 2.95 bits per heavy atom. The number of nitrogens with two attached hydrogens (primary N) is 1. The van der Waals surface area contributed by atoms with Crippen molar-refractivity contribution in [3.05, 3.63) is 18.5 Å². The van der Waals surface area contributed by atoms with E-state index >= 15 is 0 Å². The number of hydrogen-bond donors (Lipinski definition) is 2. The van der Waals surface area contributed by atoms with Gasteiger partial charge in [0.05, 0.1) is 12.2 Å². The molecule has 3 N–H and O–H groups in total. The second-order valence-corrected chi connectivity index (χ2v) is 5.33. The molecular formula is C13H16N6. The van der Waals surface area contributed by atoms with E-state index in [0.29, 0.717) is 12.1 Å². The molecule has 6 heteroatoms. The molecule has 0 amide bonds. The fourth-order valence-corrected chi connectivity index (χ4v) is 3.04. The number of aromatic nitrogens is 5. The molecule has 0 atom stereocenters. The Kier molecular flexibility index (Phi) is 2.32. The maximum absolute atomic E-state index is 5.98.